The van der Waals surface area contributed by atoms with E-state index in [0.717, 1.165) is 23.1 Å². The van der Waals surface area contributed by atoms with E-state index in [1.54, 1.807) is 0 Å². The molecule has 0 bridgehead atoms. The summed E-state index contributed by atoms with van der Waals surface area (Å²) in [4.78, 5) is 0. The lowest BCUT2D eigenvalue weighted by Crippen LogP contribution is -2.33. The van der Waals surface area contributed by atoms with E-state index in [2.05, 4.69) is 24.0 Å². The van der Waals surface area contributed by atoms with Crippen molar-refractivity contribution in [1.82, 2.24) is 5.32 Å². The summed E-state index contributed by atoms with van der Waals surface area (Å²) in [7, 11) is 0. The van der Waals surface area contributed by atoms with Gasteiger partial charge < -0.3 is 14.8 Å². The van der Waals surface area contributed by atoms with Gasteiger partial charge in [0.05, 0.1) is 5.02 Å². The van der Waals surface area contributed by atoms with Crippen LogP contribution in [0.1, 0.15) is 31.7 Å². The molecule has 3 nitrogen and oxygen atoms in total. The Morgan fingerprint density at radius 3 is 3.10 bits per heavy atom. The summed E-state index contributed by atoms with van der Waals surface area (Å²) in [6.45, 7) is 3.34. The monoisotopic (exact) mass is 313 g/mol. The second kappa shape index (κ2) is 6.46. The summed E-state index contributed by atoms with van der Waals surface area (Å²) in [5.74, 6) is 2.63. The number of fused-ring (bicyclic) bond motifs is 1. The van der Waals surface area contributed by atoms with Crippen molar-refractivity contribution in [2.75, 3.05) is 12.5 Å². The predicted molar refractivity (Wildman–Crippen MR) is 84.0 cm³/mol. The molecule has 0 spiro atoms. The quantitative estimate of drug-likeness (QED) is 0.895. The number of ether oxygens (including phenoxy) is 2. The average Bonchev–Trinajstić information content (AvgIpc) is 3.06. The lowest BCUT2D eigenvalue weighted by molar-refractivity contribution is 0.174. The molecule has 1 aromatic rings. The second-order valence-corrected chi connectivity index (χ2v) is 7.15. The molecule has 1 saturated carbocycles. The minimum absolute atomic E-state index is 0.268. The fourth-order valence-corrected chi connectivity index (χ4v) is 4.46. The smallest absolute Gasteiger partial charge is 0.231 e. The molecule has 3 rings (SSSR count). The summed E-state index contributed by atoms with van der Waals surface area (Å²) in [6.07, 6.45) is 3.94. The zero-order valence-electron chi connectivity index (χ0n) is 11.7. The number of rotatable bonds is 5. The fraction of sp³-hybridized carbons (Fsp3) is 0.600. The summed E-state index contributed by atoms with van der Waals surface area (Å²) in [5.41, 5.74) is 1.16. The Bertz CT molecular complexity index is 483. The standard InChI is InChI=1S/C15H20ClNO2S/c1-2-20-14-5-3-4-12(14)17-8-10-6-11(16)15-13(7-10)18-9-19-15/h6-7,12,14,17H,2-5,8-9H2,1H3. The van der Waals surface area contributed by atoms with Gasteiger partial charge in [-0.25, -0.2) is 0 Å². The highest BCUT2D eigenvalue weighted by molar-refractivity contribution is 7.99. The van der Waals surface area contributed by atoms with Gasteiger partial charge in [0, 0.05) is 17.8 Å². The number of nitrogens with one attached hydrogen (secondary N) is 1. The molecule has 1 heterocycles. The molecule has 0 aromatic heterocycles. The molecule has 0 amide bonds. The van der Waals surface area contributed by atoms with Gasteiger partial charge in [-0.05, 0) is 36.3 Å². The van der Waals surface area contributed by atoms with Gasteiger partial charge in [0.15, 0.2) is 11.5 Å². The van der Waals surface area contributed by atoms with E-state index in [1.807, 2.05) is 12.1 Å². The number of thioether (sulfide) groups is 1. The van der Waals surface area contributed by atoms with Crippen LogP contribution in [0.5, 0.6) is 11.5 Å². The number of benzene rings is 1. The molecular formula is C15H20ClNO2S. The van der Waals surface area contributed by atoms with Gasteiger partial charge in [-0.3, -0.25) is 0 Å². The molecule has 1 aliphatic carbocycles. The largest absolute Gasteiger partial charge is 0.454 e. The van der Waals surface area contributed by atoms with Crippen LogP contribution in [0.15, 0.2) is 12.1 Å². The molecule has 110 valence electrons. The molecule has 0 radical (unpaired) electrons. The van der Waals surface area contributed by atoms with Crippen LogP contribution in [0.25, 0.3) is 0 Å². The van der Waals surface area contributed by atoms with E-state index < -0.39 is 0 Å². The topological polar surface area (TPSA) is 30.5 Å². The van der Waals surface area contributed by atoms with Gasteiger partial charge >= 0.3 is 0 Å². The molecule has 2 unspecified atom stereocenters. The maximum atomic E-state index is 6.21. The summed E-state index contributed by atoms with van der Waals surface area (Å²) in [5, 5.41) is 5.07. The van der Waals surface area contributed by atoms with Gasteiger partial charge in [-0.15, -0.1) is 0 Å². The van der Waals surface area contributed by atoms with Crippen LogP contribution in [0.4, 0.5) is 0 Å². The minimum atomic E-state index is 0.268. The Labute approximate surface area is 129 Å². The van der Waals surface area contributed by atoms with E-state index in [-0.39, 0.29) is 6.79 Å². The van der Waals surface area contributed by atoms with E-state index in [9.17, 15) is 0 Å². The summed E-state index contributed by atoms with van der Waals surface area (Å²) < 4.78 is 10.7. The van der Waals surface area contributed by atoms with E-state index in [1.165, 1.54) is 25.0 Å². The van der Waals surface area contributed by atoms with Crippen molar-refractivity contribution in [2.45, 2.75) is 44.0 Å². The van der Waals surface area contributed by atoms with Crippen molar-refractivity contribution in [3.63, 3.8) is 0 Å². The summed E-state index contributed by atoms with van der Waals surface area (Å²) in [6, 6.07) is 4.61. The third kappa shape index (κ3) is 3.02. The van der Waals surface area contributed by atoms with Crippen LogP contribution in [-0.2, 0) is 6.54 Å². The van der Waals surface area contributed by atoms with Gasteiger partial charge in [-0.2, -0.15) is 11.8 Å². The molecule has 5 heteroatoms. The molecule has 1 N–H and O–H groups in total. The molecule has 1 aromatic carbocycles. The first-order chi connectivity index (χ1) is 9.78. The zero-order valence-corrected chi connectivity index (χ0v) is 13.2. The molecule has 20 heavy (non-hydrogen) atoms. The van der Waals surface area contributed by atoms with Crippen molar-refractivity contribution in [3.05, 3.63) is 22.7 Å². The maximum absolute atomic E-state index is 6.21. The van der Waals surface area contributed by atoms with Crippen LogP contribution < -0.4 is 14.8 Å². The fourth-order valence-electron chi connectivity index (χ4n) is 2.94. The van der Waals surface area contributed by atoms with Crippen LogP contribution in [0.2, 0.25) is 5.02 Å². The Balaban J connectivity index is 1.62. The molecular weight excluding hydrogens is 294 g/mol. The van der Waals surface area contributed by atoms with Crippen LogP contribution in [0.3, 0.4) is 0 Å². The van der Waals surface area contributed by atoms with Crippen molar-refractivity contribution >= 4 is 23.4 Å². The molecule has 1 fully saturated rings. The number of hydrogen-bond donors (Lipinski definition) is 1. The highest BCUT2D eigenvalue weighted by atomic mass is 35.5. The third-order valence-electron chi connectivity index (χ3n) is 3.89. The lowest BCUT2D eigenvalue weighted by atomic mass is 10.1. The minimum Gasteiger partial charge on any atom is -0.454 e. The second-order valence-electron chi connectivity index (χ2n) is 5.22. The van der Waals surface area contributed by atoms with Gasteiger partial charge in [0.1, 0.15) is 0 Å². The predicted octanol–water partition coefficient (Wildman–Crippen LogP) is 3.83. The third-order valence-corrected chi connectivity index (χ3v) is 5.50. The maximum Gasteiger partial charge on any atom is 0.231 e. The molecule has 2 aliphatic rings. The number of halogens is 1. The molecule has 2 atom stereocenters. The first-order valence-corrected chi connectivity index (χ1v) is 8.63. The van der Waals surface area contributed by atoms with Crippen molar-refractivity contribution in [1.29, 1.82) is 0 Å². The van der Waals surface area contributed by atoms with Crippen LogP contribution >= 0.6 is 23.4 Å². The Hall–Kier alpha value is -0.580. The number of hydrogen-bond acceptors (Lipinski definition) is 4. The Morgan fingerprint density at radius 1 is 1.35 bits per heavy atom. The summed E-state index contributed by atoms with van der Waals surface area (Å²) >= 11 is 8.28. The van der Waals surface area contributed by atoms with E-state index in [0.29, 0.717) is 16.8 Å². The van der Waals surface area contributed by atoms with Crippen LogP contribution in [-0.4, -0.2) is 23.8 Å². The normalized spacial score (nSPS) is 24.3. The van der Waals surface area contributed by atoms with Gasteiger partial charge in [0.25, 0.3) is 0 Å². The first kappa shape index (κ1) is 14.4. The van der Waals surface area contributed by atoms with Crippen molar-refractivity contribution in [3.8, 4) is 11.5 Å². The van der Waals surface area contributed by atoms with Crippen LogP contribution in [0, 0.1) is 0 Å². The first-order valence-electron chi connectivity index (χ1n) is 7.21. The van der Waals surface area contributed by atoms with Gasteiger partial charge in [-0.1, -0.05) is 24.9 Å². The zero-order chi connectivity index (χ0) is 13.9. The SMILES string of the molecule is CCSC1CCCC1NCc1cc(Cl)c2c(c1)OCO2. The Kier molecular flexibility index (Phi) is 4.64. The lowest BCUT2D eigenvalue weighted by Gasteiger charge is -2.20. The van der Waals surface area contributed by atoms with E-state index in [4.69, 9.17) is 21.1 Å². The highest BCUT2D eigenvalue weighted by Gasteiger charge is 2.26. The van der Waals surface area contributed by atoms with E-state index >= 15 is 0 Å². The molecule has 1 aliphatic heterocycles. The molecule has 0 saturated heterocycles. The van der Waals surface area contributed by atoms with Crippen molar-refractivity contribution in [2.24, 2.45) is 0 Å². The van der Waals surface area contributed by atoms with Gasteiger partial charge in [0.2, 0.25) is 6.79 Å². The average molecular weight is 314 g/mol. The van der Waals surface area contributed by atoms with Crippen molar-refractivity contribution < 1.29 is 9.47 Å². The Morgan fingerprint density at radius 2 is 2.25 bits per heavy atom. The highest BCUT2D eigenvalue weighted by Crippen LogP contribution is 2.40.